The molecule has 1 amide bonds. The zero-order valence-electron chi connectivity index (χ0n) is 13.5. The van der Waals surface area contributed by atoms with E-state index in [-0.39, 0.29) is 17.8 Å². The van der Waals surface area contributed by atoms with E-state index < -0.39 is 0 Å². The summed E-state index contributed by atoms with van der Waals surface area (Å²) >= 11 is 7.41. The fourth-order valence-corrected chi connectivity index (χ4v) is 3.43. The lowest BCUT2D eigenvalue weighted by molar-refractivity contribution is -0.119. The zero-order valence-corrected chi connectivity index (χ0v) is 15.1. The van der Waals surface area contributed by atoms with Gasteiger partial charge in [-0.05, 0) is 30.7 Å². The van der Waals surface area contributed by atoms with E-state index in [0.29, 0.717) is 16.5 Å². The molecule has 0 heterocycles. The van der Waals surface area contributed by atoms with Crippen LogP contribution in [0.3, 0.4) is 0 Å². The number of benzene rings is 2. The number of para-hydroxylation sites is 1. The molecule has 0 aliphatic rings. The average molecular weight is 368 g/mol. The van der Waals surface area contributed by atoms with Gasteiger partial charge in [0.25, 0.3) is 0 Å². The molecule has 6 heteroatoms. The van der Waals surface area contributed by atoms with Gasteiger partial charge in [-0.15, -0.1) is 11.8 Å². The Bertz CT molecular complexity index is 711. The normalized spacial score (nSPS) is 11.8. The minimum Gasteiger partial charge on any atom is -0.496 e. The minimum atomic E-state index is -0.364. The SMILES string of the molecule is COc1ccccc1[C@@H](C)NC(=O)CSCc1ccc(F)cc1Cl. The molecule has 0 aliphatic carbocycles. The number of carbonyl (C=O) groups is 1. The van der Waals surface area contributed by atoms with Crippen molar-refractivity contribution in [2.75, 3.05) is 12.9 Å². The maximum Gasteiger partial charge on any atom is 0.230 e. The van der Waals surface area contributed by atoms with Crippen LogP contribution in [-0.4, -0.2) is 18.8 Å². The Morgan fingerprint density at radius 3 is 2.79 bits per heavy atom. The first-order valence-corrected chi connectivity index (χ1v) is 8.98. The number of ether oxygens (including phenoxy) is 1. The predicted molar refractivity (Wildman–Crippen MR) is 97.1 cm³/mol. The van der Waals surface area contributed by atoms with Crippen LogP contribution >= 0.6 is 23.4 Å². The smallest absolute Gasteiger partial charge is 0.230 e. The van der Waals surface area contributed by atoms with Crippen molar-refractivity contribution in [2.45, 2.75) is 18.7 Å². The number of methoxy groups -OCH3 is 1. The molecule has 24 heavy (non-hydrogen) atoms. The van der Waals surface area contributed by atoms with Crippen molar-refractivity contribution in [3.63, 3.8) is 0 Å². The van der Waals surface area contributed by atoms with Gasteiger partial charge in [-0.25, -0.2) is 4.39 Å². The van der Waals surface area contributed by atoms with Crippen LogP contribution in [-0.2, 0) is 10.5 Å². The molecular weight excluding hydrogens is 349 g/mol. The lowest BCUT2D eigenvalue weighted by atomic mass is 10.1. The zero-order chi connectivity index (χ0) is 17.5. The van der Waals surface area contributed by atoms with Gasteiger partial charge >= 0.3 is 0 Å². The Balaban J connectivity index is 1.84. The molecule has 1 atom stereocenters. The Morgan fingerprint density at radius 2 is 2.08 bits per heavy atom. The largest absolute Gasteiger partial charge is 0.496 e. The van der Waals surface area contributed by atoms with Crippen molar-refractivity contribution in [3.8, 4) is 5.75 Å². The van der Waals surface area contributed by atoms with Crippen molar-refractivity contribution in [2.24, 2.45) is 0 Å². The molecule has 0 spiro atoms. The van der Waals surface area contributed by atoms with E-state index in [1.54, 1.807) is 13.2 Å². The van der Waals surface area contributed by atoms with E-state index in [9.17, 15) is 9.18 Å². The van der Waals surface area contributed by atoms with Crippen LogP contribution in [0.15, 0.2) is 42.5 Å². The lowest BCUT2D eigenvalue weighted by Crippen LogP contribution is -2.28. The number of hydrogen-bond acceptors (Lipinski definition) is 3. The van der Waals surface area contributed by atoms with E-state index >= 15 is 0 Å². The molecule has 2 rings (SSSR count). The summed E-state index contributed by atoms with van der Waals surface area (Å²) in [5.74, 6) is 1.16. The molecule has 3 nitrogen and oxygen atoms in total. The van der Waals surface area contributed by atoms with Gasteiger partial charge in [0.05, 0.1) is 18.9 Å². The highest BCUT2D eigenvalue weighted by atomic mass is 35.5. The topological polar surface area (TPSA) is 38.3 Å². The lowest BCUT2D eigenvalue weighted by Gasteiger charge is -2.17. The van der Waals surface area contributed by atoms with Crippen molar-refractivity contribution < 1.29 is 13.9 Å². The summed E-state index contributed by atoms with van der Waals surface area (Å²) < 4.78 is 18.3. The quantitative estimate of drug-likeness (QED) is 0.777. The van der Waals surface area contributed by atoms with Crippen LogP contribution in [0.2, 0.25) is 5.02 Å². The van der Waals surface area contributed by atoms with Gasteiger partial charge in [0, 0.05) is 16.3 Å². The van der Waals surface area contributed by atoms with Gasteiger partial charge in [-0.2, -0.15) is 0 Å². The summed E-state index contributed by atoms with van der Waals surface area (Å²) in [6, 6.07) is 11.7. The number of hydrogen-bond donors (Lipinski definition) is 1. The Morgan fingerprint density at radius 1 is 1.33 bits per heavy atom. The van der Waals surface area contributed by atoms with Crippen LogP contribution < -0.4 is 10.1 Å². The summed E-state index contributed by atoms with van der Waals surface area (Å²) in [4.78, 5) is 12.1. The van der Waals surface area contributed by atoms with Crippen LogP contribution in [0, 0.1) is 5.82 Å². The molecule has 0 saturated heterocycles. The van der Waals surface area contributed by atoms with Crippen LogP contribution in [0.4, 0.5) is 4.39 Å². The number of nitrogens with one attached hydrogen (secondary N) is 1. The van der Waals surface area contributed by atoms with Crippen LogP contribution in [0.25, 0.3) is 0 Å². The highest BCUT2D eigenvalue weighted by molar-refractivity contribution is 7.99. The molecular formula is C18H19ClFNO2S. The summed E-state index contributed by atoms with van der Waals surface area (Å²) in [5, 5.41) is 3.33. The molecule has 2 aromatic carbocycles. The van der Waals surface area contributed by atoms with Crippen molar-refractivity contribution in [3.05, 3.63) is 64.4 Å². The average Bonchev–Trinajstić information content (AvgIpc) is 2.56. The Labute approximate surface area is 150 Å². The number of halogens is 2. The molecule has 0 bridgehead atoms. The Hall–Kier alpha value is -1.72. The molecule has 0 aliphatic heterocycles. The first kappa shape index (κ1) is 18.6. The molecule has 1 N–H and O–H groups in total. The summed E-state index contributed by atoms with van der Waals surface area (Å²) in [6.07, 6.45) is 0. The number of carbonyl (C=O) groups excluding carboxylic acids is 1. The van der Waals surface area contributed by atoms with Crippen molar-refractivity contribution >= 4 is 29.3 Å². The third kappa shape index (κ3) is 5.14. The third-order valence-corrected chi connectivity index (χ3v) is 4.82. The fraction of sp³-hybridized carbons (Fsp3) is 0.278. The highest BCUT2D eigenvalue weighted by Crippen LogP contribution is 2.25. The molecule has 128 valence electrons. The van der Waals surface area contributed by atoms with Crippen molar-refractivity contribution in [1.29, 1.82) is 0 Å². The van der Waals surface area contributed by atoms with Gasteiger partial charge in [0.15, 0.2) is 0 Å². The van der Waals surface area contributed by atoms with E-state index in [1.165, 1.54) is 23.9 Å². The maximum atomic E-state index is 13.0. The first-order chi connectivity index (χ1) is 11.5. The van der Waals surface area contributed by atoms with Gasteiger partial charge in [-0.3, -0.25) is 4.79 Å². The summed E-state index contributed by atoms with van der Waals surface area (Å²) in [7, 11) is 1.61. The second kappa shape index (κ2) is 8.94. The maximum absolute atomic E-state index is 13.0. The van der Waals surface area contributed by atoms with Crippen LogP contribution in [0.5, 0.6) is 5.75 Å². The number of rotatable bonds is 7. The fourth-order valence-electron chi connectivity index (χ4n) is 2.28. The van der Waals surface area contributed by atoms with E-state index in [4.69, 9.17) is 16.3 Å². The van der Waals surface area contributed by atoms with Gasteiger partial charge in [0.1, 0.15) is 11.6 Å². The molecule has 0 saturated carbocycles. The second-order valence-electron chi connectivity index (χ2n) is 5.26. The Kier molecular flexibility index (Phi) is 6.94. The van der Waals surface area contributed by atoms with Crippen LogP contribution in [0.1, 0.15) is 24.1 Å². The number of amides is 1. The molecule has 0 radical (unpaired) electrons. The number of thioether (sulfide) groups is 1. The van der Waals surface area contributed by atoms with Gasteiger partial charge in [-0.1, -0.05) is 35.9 Å². The van der Waals surface area contributed by atoms with Crippen molar-refractivity contribution in [1.82, 2.24) is 5.32 Å². The standard InChI is InChI=1S/C18H19ClFNO2S/c1-12(15-5-3-4-6-17(15)23-2)21-18(22)11-24-10-13-7-8-14(20)9-16(13)19/h3-9,12H,10-11H2,1-2H3,(H,21,22)/t12-/m1/s1. The third-order valence-electron chi connectivity index (χ3n) is 3.49. The second-order valence-corrected chi connectivity index (χ2v) is 6.65. The predicted octanol–water partition coefficient (Wildman–Crippen LogP) is 4.60. The van der Waals surface area contributed by atoms with Gasteiger partial charge < -0.3 is 10.1 Å². The minimum absolute atomic E-state index is 0.0726. The molecule has 0 aromatic heterocycles. The van der Waals surface area contributed by atoms with E-state index in [1.807, 2.05) is 31.2 Å². The summed E-state index contributed by atoms with van der Waals surface area (Å²) in [6.45, 7) is 1.91. The van der Waals surface area contributed by atoms with E-state index in [2.05, 4.69) is 5.32 Å². The highest BCUT2D eigenvalue weighted by Gasteiger charge is 2.13. The molecule has 0 unspecified atom stereocenters. The summed E-state index contributed by atoms with van der Waals surface area (Å²) in [5.41, 5.74) is 1.74. The molecule has 0 fully saturated rings. The van der Waals surface area contributed by atoms with E-state index in [0.717, 1.165) is 16.9 Å². The molecule has 2 aromatic rings. The first-order valence-electron chi connectivity index (χ1n) is 7.45. The monoisotopic (exact) mass is 367 g/mol. The van der Waals surface area contributed by atoms with Gasteiger partial charge in [0.2, 0.25) is 5.91 Å².